The second kappa shape index (κ2) is 14.2. The molecule has 1 unspecified atom stereocenters. The number of halogens is 1. The minimum atomic E-state index is -1.44. The van der Waals surface area contributed by atoms with Crippen molar-refractivity contribution in [1.82, 2.24) is 14.7 Å². The molecule has 11 heteroatoms. The minimum absolute atomic E-state index is 0.0998. The van der Waals surface area contributed by atoms with Crippen LogP contribution in [0.25, 0.3) is 0 Å². The number of esters is 1. The molecule has 5 rings (SSSR count). The van der Waals surface area contributed by atoms with Crippen LogP contribution >= 0.6 is 15.9 Å². The van der Waals surface area contributed by atoms with E-state index in [2.05, 4.69) is 22.9 Å². The summed E-state index contributed by atoms with van der Waals surface area (Å²) in [6.45, 7) is 9.63. The number of rotatable bonds is 7. The number of nitrogens with zero attached hydrogens (tertiary/aromatic N) is 3. The summed E-state index contributed by atoms with van der Waals surface area (Å²) >= 11 is 3.62. The van der Waals surface area contributed by atoms with E-state index in [1.54, 1.807) is 22.9 Å². The molecule has 4 aliphatic rings. The third-order valence-corrected chi connectivity index (χ3v) is 11.2. The summed E-state index contributed by atoms with van der Waals surface area (Å²) in [4.78, 5) is 62.2. The highest BCUT2D eigenvalue weighted by Crippen LogP contribution is 2.59. The number of cyclic esters (lactones) is 1. The Labute approximate surface area is 286 Å². The molecule has 1 aromatic carbocycles. The topological polar surface area (TPSA) is 117 Å². The zero-order valence-corrected chi connectivity index (χ0v) is 29.8. The molecule has 1 N–H and O–H groups in total. The second-order valence-corrected chi connectivity index (χ2v) is 14.6. The molecule has 0 aromatic heterocycles. The predicted octanol–water partition coefficient (Wildman–Crippen LogP) is 4.38. The van der Waals surface area contributed by atoms with Gasteiger partial charge in [-0.15, -0.1) is 0 Å². The molecule has 1 aromatic rings. The van der Waals surface area contributed by atoms with Gasteiger partial charge in [0, 0.05) is 30.5 Å². The van der Waals surface area contributed by atoms with E-state index in [1.165, 1.54) is 4.90 Å². The Morgan fingerprint density at radius 2 is 1.74 bits per heavy atom. The molecule has 5 bridgehead atoms. The Bertz CT molecular complexity index is 1420. The van der Waals surface area contributed by atoms with Crippen LogP contribution < -0.4 is 0 Å². The minimum Gasteiger partial charge on any atom is -0.455 e. The van der Waals surface area contributed by atoms with Crippen LogP contribution in [0.5, 0.6) is 0 Å². The molecule has 10 nitrogen and oxygen atoms in total. The van der Waals surface area contributed by atoms with Crippen LogP contribution in [0.1, 0.15) is 72.0 Å². The average Bonchev–Trinajstić information content (AvgIpc) is 3.64. The van der Waals surface area contributed by atoms with E-state index in [9.17, 15) is 24.3 Å². The van der Waals surface area contributed by atoms with E-state index < -0.39 is 59.6 Å². The lowest BCUT2D eigenvalue weighted by Crippen LogP contribution is -2.60. The number of ether oxygens (including phenoxy) is 2. The van der Waals surface area contributed by atoms with Gasteiger partial charge in [-0.25, -0.2) is 0 Å². The number of benzene rings is 1. The van der Waals surface area contributed by atoms with E-state index in [0.717, 1.165) is 12.8 Å². The standard InChI is InChI=1S/C36H48BrN3O7/c1-7-14-22(4)39-18-13-9-12-17-27(42)38(6)23(5)30(24-15-10-8-11-16-24)46-35(45)28-29-33(43)40(26(20-41)21(2)3)32(34(39)44)36(29)19-25(37)31(28)47-36/h8-11,13,15-16,19,21-23,26,28-32,41H,7,12,14,17-18,20H2,1-6H3/b13-9-/t22?,23-,26-,28+,29-,30+,31+,32+,36-/m0/s1. The molecular weight excluding hydrogens is 666 g/mol. The van der Waals surface area contributed by atoms with Gasteiger partial charge < -0.3 is 29.3 Å². The Hall–Kier alpha value is -3.02. The van der Waals surface area contributed by atoms with Gasteiger partial charge in [0.1, 0.15) is 29.8 Å². The largest absolute Gasteiger partial charge is 0.455 e. The van der Waals surface area contributed by atoms with Crippen LogP contribution in [0.15, 0.2) is 53.0 Å². The highest BCUT2D eigenvalue weighted by molar-refractivity contribution is 9.11. The zero-order valence-electron chi connectivity index (χ0n) is 28.2. The van der Waals surface area contributed by atoms with Gasteiger partial charge in [-0.2, -0.15) is 0 Å². The number of likely N-dealkylation sites (tertiary alicyclic amines) is 1. The van der Waals surface area contributed by atoms with Crippen molar-refractivity contribution in [3.8, 4) is 0 Å². The summed E-state index contributed by atoms with van der Waals surface area (Å²) < 4.78 is 13.6. The molecule has 9 atom stereocenters. The summed E-state index contributed by atoms with van der Waals surface area (Å²) in [5, 5.41) is 10.6. The molecule has 47 heavy (non-hydrogen) atoms. The highest BCUT2D eigenvalue weighted by atomic mass is 79.9. The van der Waals surface area contributed by atoms with Crippen molar-refractivity contribution in [3.05, 3.63) is 58.6 Å². The summed E-state index contributed by atoms with van der Waals surface area (Å²) in [6.07, 6.45) is 6.27. The summed E-state index contributed by atoms with van der Waals surface area (Å²) in [6, 6.07) is 6.81. The van der Waals surface area contributed by atoms with Crippen molar-refractivity contribution in [2.75, 3.05) is 20.2 Å². The van der Waals surface area contributed by atoms with Crippen molar-refractivity contribution in [2.45, 2.75) is 102 Å². The first-order chi connectivity index (χ1) is 22.4. The highest BCUT2D eigenvalue weighted by Gasteiger charge is 2.75. The van der Waals surface area contributed by atoms with Crippen LogP contribution in [-0.4, -0.2) is 99.6 Å². The second-order valence-electron chi connectivity index (χ2n) is 13.7. The summed E-state index contributed by atoms with van der Waals surface area (Å²) in [5.41, 5.74) is -0.723. The van der Waals surface area contributed by atoms with Gasteiger partial charge in [0.25, 0.3) is 0 Å². The first-order valence-corrected chi connectivity index (χ1v) is 17.6. The predicted molar refractivity (Wildman–Crippen MR) is 180 cm³/mol. The lowest BCUT2D eigenvalue weighted by atomic mass is 9.74. The van der Waals surface area contributed by atoms with Crippen LogP contribution in [0.2, 0.25) is 0 Å². The number of aliphatic hydroxyl groups is 1. The van der Waals surface area contributed by atoms with E-state index >= 15 is 0 Å². The number of fused-ring (bicyclic) bond motifs is 2. The summed E-state index contributed by atoms with van der Waals surface area (Å²) in [5.74, 6) is -3.71. The number of aliphatic hydroxyl groups excluding tert-OH is 1. The van der Waals surface area contributed by atoms with Crippen LogP contribution in [0.3, 0.4) is 0 Å². The Morgan fingerprint density at radius 3 is 2.38 bits per heavy atom. The maximum Gasteiger partial charge on any atom is 0.313 e. The monoisotopic (exact) mass is 713 g/mol. The lowest BCUT2D eigenvalue weighted by molar-refractivity contribution is -0.164. The molecule has 3 amide bonds. The zero-order chi connectivity index (χ0) is 34.2. The van der Waals surface area contributed by atoms with Crippen LogP contribution in [-0.2, 0) is 28.7 Å². The SMILES string of the molecule is CCCC(C)N1C/C=C\CCC(=O)N(C)[C@@H](C)[C@H](c2ccccc2)OC(=O)[C@H]2[C@@H]3O[C@@]4(C=C3Br)[C@@H]2C(=O)N([C@@H](CO)C(C)C)[C@@H]4C1=O. The average molecular weight is 715 g/mol. The fourth-order valence-corrected chi connectivity index (χ4v) is 8.55. The third-order valence-electron chi connectivity index (χ3n) is 10.5. The molecule has 0 aliphatic carbocycles. The van der Waals surface area contributed by atoms with Crippen molar-refractivity contribution < 1.29 is 33.8 Å². The number of carbonyl (C=O) groups excluding carboxylic acids is 4. The van der Waals surface area contributed by atoms with Crippen molar-refractivity contribution in [2.24, 2.45) is 17.8 Å². The Kier molecular flexibility index (Phi) is 10.7. The van der Waals surface area contributed by atoms with Crippen LogP contribution in [0.4, 0.5) is 0 Å². The molecule has 2 saturated heterocycles. The Morgan fingerprint density at radius 1 is 1.04 bits per heavy atom. The van der Waals surface area contributed by atoms with E-state index in [4.69, 9.17) is 9.47 Å². The fourth-order valence-electron chi connectivity index (χ4n) is 7.81. The lowest BCUT2D eigenvalue weighted by Gasteiger charge is -2.41. The maximum absolute atomic E-state index is 14.9. The normalized spacial score (nSPS) is 33.6. The Balaban J connectivity index is 1.67. The van der Waals surface area contributed by atoms with Gasteiger partial charge >= 0.3 is 5.97 Å². The maximum atomic E-state index is 14.9. The van der Waals surface area contributed by atoms with Crippen molar-refractivity contribution >= 4 is 39.6 Å². The molecule has 4 aliphatic heterocycles. The van der Waals surface area contributed by atoms with Crippen LogP contribution in [0, 0.1) is 17.8 Å². The van der Waals surface area contributed by atoms with Crippen molar-refractivity contribution in [3.63, 3.8) is 0 Å². The number of allylic oxidation sites excluding steroid dienone is 1. The van der Waals surface area contributed by atoms with Gasteiger partial charge in [-0.1, -0.05) is 85.6 Å². The number of hydrogen-bond acceptors (Lipinski definition) is 7. The van der Waals surface area contributed by atoms with Gasteiger partial charge in [-0.05, 0) is 44.2 Å². The molecule has 4 heterocycles. The van der Waals surface area contributed by atoms with Crippen molar-refractivity contribution in [1.29, 1.82) is 0 Å². The third kappa shape index (κ3) is 6.19. The molecular formula is C36H48BrN3O7. The number of carbonyl (C=O) groups is 4. The number of hydrogen-bond donors (Lipinski definition) is 1. The smallest absolute Gasteiger partial charge is 0.313 e. The van der Waals surface area contributed by atoms with Gasteiger partial charge in [0.15, 0.2) is 0 Å². The first kappa shape index (κ1) is 35.3. The van der Waals surface area contributed by atoms with E-state index in [1.807, 2.05) is 70.2 Å². The van der Waals surface area contributed by atoms with Gasteiger partial charge in [0.2, 0.25) is 17.7 Å². The van der Waals surface area contributed by atoms with Gasteiger partial charge in [0.05, 0.1) is 24.6 Å². The van der Waals surface area contributed by atoms with E-state index in [0.29, 0.717) is 16.5 Å². The molecule has 2 fully saturated rings. The fraction of sp³-hybridized carbons (Fsp3) is 0.611. The first-order valence-electron chi connectivity index (χ1n) is 16.8. The quantitative estimate of drug-likeness (QED) is 0.330. The van der Waals surface area contributed by atoms with Gasteiger partial charge in [-0.3, -0.25) is 19.2 Å². The summed E-state index contributed by atoms with van der Waals surface area (Å²) in [7, 11) is 1.71. The molecule has 1 spiro atoms. The molecule has 0 saturated carbocycles. The molecule has 256 valence electrons. The van der Waals surface area contributed by atoms with E-state index in [-0.39, 0.29) is 43.3 Å². The number of likely N-dealkylation sites (N-methyl/N-ethyl adjacent to an activating group) is 1. The molecule has 0 radical (unpaired) electrons. The number of amides is 3.